The zero-order chi connectivity index (χ0) is 11.8. The number of hydrogen-bond donors (Lipinski definition) is 4. The van der Waals surface area contributed by atoms with Gasteiger partial charge in [-0.1, -0.05) is 6.07 Å². The lowest BCUT2D eigenvalue weighted by molar-refractivity contribution is -0.742. The topological polar surface area (TPSA) is 125 Å². The minimum Gasteiger partial charge on any atom is -0.370 e. The summed E-state index contributed by atoms with van der Waals surface area (Å²) in [6.45, 7) is 0. The minimum absolute atomic E-state index is 0.0352. The van der Waals surface area contributed by atoms with E-state index in [1.165, 1.54) is 0 Å². The molecule has 0 saturated carbocycles. The third-order valence-corrected chi connectivity index (χ3v) is 1.77. The first kappa shape index (κ1) is 13.4. The Balaban J connectivity index is 0.000000423. The van der Waals surface area contributed by atoms with Gasteiger partial charge in [0, 0.05) is 9.26 Å². The van der Waals surface area contributed by atoms with Crippen molar-refractivity contribution in [2.75, 3.05) is 5.32 Å². The van der Waals surface area contributed by atoms with Gasteiger partial charge in [-0.2, -0.15) is 0 Å². The number of nitrogens with zero attached hydrogens (tertiary/aromatic N) is 1. The lowest BCUT2D eigenvalue weighted by atomic mass is 10.3. The maximum atomic E-state index is 8.36. The zero-order valence-corrected chi connectivity index (χ0v) is 9.63. The fraction of sp³-hybridized carbons (Fsp3) is 0. The SMILES string of the molecule is N=C(N)Nc1cccc(I)c1.O=[N+]([O-])O. The molecular weight excluding hydrogens is 315 g/mol. The number of anilines is 1. The molecule has 0 aliphatic carbocycles. The first-order valence-corrected chi connectivity index (χ1v) is 4.69. The van der Waals surface area contributed by atoms with Crippen LogP contribution in [-0.2, 0) is 0 Å². The second kappa shape index (κ2) is 6.81. The van der Waals surface area contributed by atoms with Crippen LogP contribution in [0.5, 0.6) is 0 Å². The highest BCUT2D eigenvalue weighted by molar-refractivity contribution is 14.1. The molecule has 0 saturated heterocycles. The molecule has 5 N–H and O–H groups in total. The molecule has 0 radical (unpaired) electrons. The van der Waals surface area contributed by atoms with Gasteiger partial charge < -0.3 is 16.3 Å². The Hall–Kier alpha value is -1.58. The number of guanidine groups is 1. The summed E-state index contributed by atoms with van der Waals surface area (Å²) in [5, 5.41) is 23.3. The highest BCUT2D eigenvalue weighted by atomic mass is 127. The maximum Gasteiger partial charge on any atom is 0.291 e. The van der Waals surface area contributed by atoms with Crippen LogP contribution in [0.4, 0.5) is 5.69 Å². The fourth-order valence-electron chi connectivity index (χ4n) is 0.722. The van der Waals surface area contributed by atoms with Gasteiger partial charge in [0.1, 0.15) is 0 Å². The standard InChI is InChI=1S/C7H8IN3.HNO3/c8-5-2-1-3-6(4-5)11-7(9)10;2-1(3)4/h1-4H,(H4,9,10,11);(H,2,3,4). The van der Waals surface area contributed by atoms with E-state index in [2.05, 4.69) is 27.9 Å². The molecule has 1 aromatic carbocycles. The summed E-state index contributed by atoms with van der Waals surface area (Å²) in [5.41, 5.74) is 6.00. The average Bonchev–Trinajstić information content (AvgIpc) is 2.00. The van der Waals surface area contributed by atoms with Crippen LogP contribution in [0.15, 0.2) is 24.3 Å². The summed E-state index contributed by atoms with van der Waals surface area (Å²) < 4.78 is 1.12. The monoisotopic (exact) mass is 324 g/mol. The molecule has 0 unspecified atom stereocenters. The van der Waals surface area contributed by atoms with Crippen molar-refractivity contribution in [3.05, 3.63) is 37.9 Å². The van der Waals surface area contributed by atoms with Crippen molar-refractivity contribution in [1.82, 2.24) is 0 Å². The molecular formula is C7H9IN4O3. The van der Waals surface area contributed by atoms with Crippen molar-refractivity contribution in [2.45, 2.75) is 0 Å². The molecule has 0 fully saturated rings. The van der Waals surface area contributed by atoms with Crippen LogP contribution >= 0.6 is 22.6 Å². The second-order valence-corrected chi connectivity index (χ2v) is 3.53. The molecule has 82 valence electrons. The first-order valence-electron chi connectivity index (χ1n) is 3.61. The molecule has 1 rings (SSSR count). The Morgan fingerprint density at radius 2 is 2.20 bits per heavy atom. The van der Waals surface area contributed by atoms with Crippen molar-refractivity contribution in [2.24, 2.45) is 5.73 Å². The number of nitrogens with two attached hydrogens (primary N) is 1. The Bertz CT molecular complexity index is 354. The van der Waals surface area contributed by atoms with E-state index in [0.717, 1.165) is 9.26 Å². The number of rotatable bonds is 1. The highest BCUT2D eigenvalue weighted by Gasteiger charge is 1.92. The van der Waals surface area contributed by atoms with E-state index in [0.29, 0.717) is 0 Å². The van der Waals surface area contributed by atoms with Crippen LogP contribution in [0.25, 0.3) is 0 Å². The van der Waals surface area contributed by atoms with Crippen LogP contribution in [-0.4, -0.2) is 16.3 Å². The maximum absolute atomic E-state index is 8.36. The van der Waals surface area contributed by atoms with Gasteiger partial charge in [0.05, 0.1) is 0 Å². The first-order chi connectivity index (χ1) is 6.91. The van der Waals surface area contributed by atoms with Crippen molar-refractivity contribution in [3.8, 4) is 0 Å². The Morgan fingerprint density at radius 1 is 1.67 bits per heavy atom. The van der Waals surface area contributed by atoms with Gasteiger partial charge in [0.2, 0.25) is 0 Å². The lowest BCUT2D eigenvalue weighted by Gasteiger charge is -2.02. The molecule has 0 amide bonds. The van der Waals surface area contributed by atoms with Crippen molar-refractivity contribution < 1.29 is 10.3 Å². The smallest absolute Gasteiger partial charge is 0.291 e. The molecule has 0 bridgehead atoms. The number of nitrogens with one attached hydrogen (secondary N) is 2. The van der Waals surface area contributed by atoms with Crippen molar-refractivity contribution in [1.29, 1.82) is 5.41 Å². The number of halogens is 1. The molecule has 8 heteroatoms. The second-order valence-electron chi connectivity index (χ2n) is 2.29. The van der Waals surface area contributed by atoms with Crippen molar-refractivity contribution >= 4 is 34.2 Å². The van der Waals surface area contributed by atoms with Gasteiger partial charge in [-0.3, -0.25) is 5.41 Å². The van der Waals surface area contributed by atoms with Gasteiger partial charge in [0.15, 0.2) is 5.96 Å². The number of hydrogen-bond acceptors (Lipinski definition) is 3. The summed E-state index contributed by atoms with van der Waals surface area (Å²) in [6, 6.07) is 7.67. The Kier molecular flexibility index (Phi) is 6.09. The normalized spacial score (nSPS) is 8.33. The largest absolute Gasteiger partial charge is 0.370 e. The third-order valence-electron chi connectivity index (χ3n) is 1.10. The van der Waals surface area contributed by atoms with Crippen LogP contribution < -0.4 is 11.1 Å². The molecule has 0 atom stereocenters. The molecule has 7 nitrogen and oxygen atoms in total. The van der Waals surface area contributed by atoms with Crippen LogP contribution in [0.3, 0.4) is 0 Å². The quantitative estimate of drug-likeness (QED) is 0.203. The minimum atomic E-state index is -1.50. The van der Waals surface area contributed by atoms with Gasteiger partial charge in [0.25, 0.3) is 5.09 Å². The molecule has 15 heavy (non-hydrogen) atoms. The predicted octanol–water partition coefficient (Wildman–Crippen LogP) is 1.25. The van der Waals surface area contributed by atoms with Gasteiger partial charge in [-0.25, -0.2) is 0 Å². The van der Waals surface area contributed by atoms with E-state index in [4.69, 9.17) is 26.5 Å². The third kappa shape index (κ3) is 8.74. The van der Waals surface area contributed by atoms with Crippen LogP contribution in [0, 0.1) is 19.1 Å². The molecule has 0 aliphatic rings. The number of benzene rings is 1. The van der Waals surface area contributed by atoms with E-state index in [-0.39, 0.29) is 5.96 Å². The van der Waals surface area contributed by atoms with Crippen molar-refractivity contribution in [3.63, 3.8) is 0 Å². The Morgan fingerprint density at radius 3 is 2.60 bits per heavy atom. The van der Waals surface area contributed by atoms with Crippen LogP contribution in [0.1, 0.15) is 0 Å². The summed E-state index contributed by atoms with van der Waals surface area (Å²) >= 11 is 2.20. The van der Waals surface area contributed by atoms with E-state index in [9.17, 15) is 0 Å². The van der Waals surface area contributed by atoms with Crippen LogP contribution in [0.2, 0.25) is 0 Å². The summed E-state index contributed by atoms with van der Waals surface area (Å²) in [6.07, 6.45) is 0. The average molecular weight is 324 g/mol. The zero-order valence-electron chi connectivity index (χ0n) is 7.48. The summed E-state index contributed by atoms with van der Waals surface area (Å²) in [4.78, 5) is 8.36. The predicted molar refractivity (Wildman–Crippen MR) is 63.5 cm³/mol. The Labute approximate surface area is 99.0 Å². The van der Waals surface area contributed by atoms with Gasteiger partial charge >= 0.3 is 0 Å². The van der Waals surface area contributed by atoms with E-state index < -0.39 is 5.09 Å². The highest BCUT2D eigenvalue weighted by Crippen LogP contribution is 2.11. The molecule has 0 heterocycles. The lowest BCUT2D eigenvalue weighted by Crippen LogP contribution is -2.20. The molecule has 0 aromatic heterocycles. The van der Waals surface area contributed by atoms with E-state index in [1.54, 1.807) is 0 Å². The summed E-state index contributed by atoms with van der Waals surface area (Å²) in [5.74, 6) is -0.0352. The summed E-state index contributed by atoms with van der Waals surface area (Å²) in [7, 11) is 0. The van der Waals surface area contributed by atoms with Gasteiger partial charge in [-0.05, 0) is 40.8 Å². The molecule has 0 spiro atoms. The van der Waals surface area contributed by atoms with E-state index in [1.807, 2.05) is 24.3 Å². The van der Waals surface area contributed by atoms with Gasteiger partial charge in [-0.15, -0.1) is 10.1 Å². The molecule has 0 aliphatic heterocycles. The van der Waals surface area contributed by atoms with E-state index >= 15 is 0 Å². The molecule has 1 aromatic rings. The fourth-order valence-corrected chi connectivity index (χ4v) is 1.26.